The van der Waals surface area contributed by atoms with Gasteiger partial charge in [0.15, 0.2) is 0 Å². The molecule has 0 aromatic heterocycles. The number of methoxy groups -OCH3 is 1. The molecule has 3 aromatic rings. The predicted octanol–water partition coefficient (Wildman–Crippen LogP) is 5.11. The molecule has 0 aliphatic carbocycles. The van der Waals surface area contributed by atoms with Crippen LogP contribution in [-0.4, -0.2) is 37.6 Å². The van der Waals surface area contributed by atoms with Gasteiger partial charge in [0.1, 0.15) is 11.6 Å². The molecule has 178 valence electrons. The van der Waals surface area contributed by atoms with Crippen LogP contribution in [0.25, 0.3) is 0 Å². The van der Waals surface area contributed by atoms with E-state index in [1.54, 1.807) is 13.2 Å². The zero-order valence-electron chi connectivity index (χ0n) is 20.0. The van der Waals surface area contributed by atoms with Gasteiger partial charge in [-0.05, 0) is 48.9 Å². The Bertz CT molecular complexity index is 1120. The van der Waals surface area contributed by atoms with Crippen molar-refractivity contribution in [1.29, 1.82) is 0 Å². The van der Waals surface area contributed by atoms with E-state index in [2.05, 4.69) is 41.4 Å². The SMILES string of the molecule is COc1ccccc1CCNC(=O)[C@H]1C[C@@H](c2cccc(C)c2)CN(Cc2ccccc2F)C1. The van der Waals surface area contributed by atoms with Crippen LogP contribution >= 0.6 is 0 Å². The summed E-state index contributed by atoms with van der Waals surface area (Å²) in [5.74, 6) is 0.780. The van der Waals surface area contributed by atoms with Crippen molar-refractivity contribution < 1.29 is 13.9 Å². The zero-order chi connectivity index (χ0) is 23.9. The van der Waals surface area contributed by atoms with Crippen LogP contribution in [-0.2, 0) is 17.8 Å². The van der Waals surface area contributed by atoms with Crippen molar-refractivity contribution in [2.75, 3.05) is 26.7 Å². The second-order valence-corrected chi connectivity index (χ2v) is 9.18. The van der Waals surface area contributed by atoms with Gasteiger partial charge in [0.05, 0.1) is 13.0 Å². The smallest absolute Gasteiger partial charge is 0.224 e. The lowest BCUT2D eigenvalue weighted by atomic mass is 9.83. The number of para-hydroxylation sites is 1. The van der Waals surface area contributed by atoms with E-state index in [0.717, 1.165) is 24.3 Å². The summed E-state index contributed by atoms with van der Waals surface area (Å²) in [6.07, 6.45) is 1.50. The molecule has 2 atom stereocenters. The molecule has 0 unspecified atom stereocenters. The van der Waals surface area contributed by atoms with Crippen LogP contribution in [0.15, 0.2) is 72.8 Å². The maximum atomic E-state index is 14.3. The van der Waals surface area contributed by atoms with Crippen LogP contribution in [0.3, 0.4) is 0 Å². The van der Waals surface area contributed by atoms with Crippen molar-refractivity contribution in [2.45, 2.75) is 32.2 Å². The van der Waals surface area contributed by atoms with Crippen LogP contribution in [0.1, 0.15) is 34.6 Å². The van der Waals surface area contributed by atoms with Gasteiger partial charge in [0.25, 0.3) is 0 Å². The number of nitrogens with zero attached hydrogens (tertiary/aromatic N) is 1. The van der Waals surface area contributed by atoms with E-state index >= 15 is 0 Å². The number of ether oxygens (including phenoxy) is 1. The number of benzene rings is 3. The highest BCUT2D eigenvalue weighted by Crippen LogP contribution is 2.32. The Kier molecular flexibility index (Phi) is 7.96. The third kappa shape index (κ3) is 6.03. The van der Waals surface area contributed by atoms with E-state index in [1.807, 2.05) is 36.4 Å². The fraction of sp³-hybridized carbons (Fsp3) is 0.345. The van der Waals surface area contributed by atoms with Gasteiger partial charge in [0, 0.05) is 31.7 Å². The van der Waals surface area contributed by atoms with E-state index in [4.69, 9.17) is 4.74 Å². The molecule has 1 heterocycles. The van der Waals surface area contributed by atoms with Gasteiger partial charge >= 0.3 is 0 Å². The van der Waals surface area contributed by atoms with Gasteiger partial charge in [0.2, 0.25) is 5.91 Å². The summed E-state index contributed by atoms with van der Waals surface area (Å²) < 4.78 is 19.8. The molecule has 34 heavy (non-hydrogen) atoms. The highest BCUT2D eigenvalue weighted by molar-refractivity contribution is 5.79. The Hall–Kier alpha value is -3.18. The van der Waals surface area contributed by atoms with Crippen molar-refractivity contribution >= 4 is 5.91 Å². The second-order valence-electron chi connectivity index (χ2n) is 9.18. The number of carbonyl (C=O) groups is 1. The second kappa shape index (κ2) is 11.3. The molecule has 1 N–H and O–H groups in total. The van der Waals surface area contributed by atoms with Crippen molar-refractivity contribution in [2.24, 2.45) is 5.92 Å². The molecule has 0 radical (unpaired) electrons. The van der Waals surface area contributed by atoms with Gasteiger partial charge in [-0.1, -0.05) is 66.2 Å². The molecule has 4 nitrogen and oxygen atoms in total. The molecule has 1 aliphatic rings. The quantitative estimate of drug-likeness (QED) is 0.508. The summed E-state index contributed by atoms with van der Waals surface area (Å²) in [5, 5.41) is 3.14. The summed E-state index contributed by atoms with van der Waals surface area (Å²) >= 11 is 0. The number of rotatable bonds is 8. The minimum absolute atomic E-state index is 0.0609. The first-order valence-electron chi connectivity index (χ1n) is 12.0. The predicted molar refractivity (Wildman–Crippen MR) is 133 cm³/mol. The summed E-state index contributed by atoms with van der Waals surface area (Å²) in [6.45, 7) is 4.57. The normalized spacial score (nSPS) is 18.4. The summed E-state index contributed by atoms with van der Waals surface area (Å²) in [6, 6.07) is 23.3. The van der Waals surface area contributed by atoms with Crippen LogP contribution in [0.5, 0.6) is 5.75 Å². The summed E-state index contributed by atoms with van der Waals surface area (Å²) in [5.41, 5.74) is 4.20. The first-order valence-corrected chi connectivity index (χ1v) is 12.0. The Morgan fingerprint density at radius 1 is 1.03 bits per heavy atom. The monoisotopic (exact) mass is 460 g/mol. The van der Waals surface area contributed by atoms with E-state index < -0.39 is 0 Å². The molecular weight excluding hydrogens is 427 g/mol. The van der Waals surface area contributed by atoms with Crippen LogP contribution in [0.2, 0.25) is 0 Å². The lowest BCUT2D eigenvalue weighted by molar-refractivity contribution is -0.127. The maximum Gasteiger partial charge on any atom is 0.224 e. The van der Waals surface area contributed by atoms with E-state index in [9.17, 15) is 9.18 Å². The first kappa shape index (κ1) is 24.0. The topological polar surface area (TPSA) is 41.6 Å². The Morgan fingerprint density at radius 3 is 2.56 bits per heavy atom. The molecule has 1 saturated heterocycles. The third-order valence-corrected chi connectivity index (χ3v) is 6.65. The first-order chi connectivity index (χ1) is 16.5. The van der Waals surface area contributed by atoms with Crippen molar-refractivity contribution in [3.63, 3.8) is 0 Å². The average molecular weight is 461 g/mol. The Labute approximate surface area is 201 Å². The van der Waals surface area contributed by atoms with Crippen LogP contribution in [0.4, 0.5) is 4.39 Å². The summed E-state index contributed by atoms with van der Waals surface area (Å²) in [7, 11) is 1.66. The number of nitrogens with one attached hydrogen (secondary N) is 1. The van der Waals surface area contributed by atoms with Gasteiger partial charge in [-0.25, -0.2) is 4.39 Å². The minimum atomic E-state index is -0.196. The zero-order valence-corrected chi connectivity index (χ0v) is 20.0. The number of hydrogen-bond donors (Lipinski definition) is 1. The van der Waals surface area contributed by atoms with Gasteiger partial charge < -0.3 is 10.1 Å². The number of carbonyl (C=O) groups excluding carboxylic acids is 1. The molecule has 1 aliphatic heterocycles. The molecule has 4 rings (SSSR count). The largest absolute Gasteiger partial charge is 0.496 e. The molecule has 0 saturated carbocycles. The number of aryl methyl sites for hydroxylation is 1. The lowest BCUT2D eigenvalue weighted by Crippen LogP contribution is -2.45. The highest BCUT2D eigenvalue weighted by atomic mass is 19.1. The third-order valence-electron chi connectivity index (χ3n) is 6.65. The molecule has 1 fully saturated rings. The highest BCUT2D eigenvalue weighted by Gasteiger charge is 2.32. The average Bonchev–Trinajstić information content (AvgIpc) is 2.85. The van der Waals surface area contributed by atoms with Crippen molar-refractivity contribution in [3.05, 3.63) is 101 Å². The molecule has 1 amide bonds. The summed E-state index contributed by atoms with van der Waals surface area (Å²) in [4.78, 5) is 15.4. The van der Waals surface area contributed by atoms with E-state index in [-0.39, 0.29) is 23.6 Å². The van der Waals surface area contributed by atoms with Crippen LogP contribution < -0.4 is 10.1 Å². The van der Waals surface area contributed by atoms with Crippen molar-refractivity contribution in [1.82, 2.24) is 10.2 Å². The number of halogens is 1. The molecule has 0 bridgehead atoms. The minimum Gasteiger partial charge on any atom is -0.496 e. The molecular formula is C29H33FN2O2. The molecule has 5 heteroatoms. The number of piperidine rings is 1. The standard InChI is InChI=1S/C29H33FN2O2/c1-21-8-7-11-23(16-21)25-17-26(20-32(19-25)18-24-10-3-5-12-27(24)30)29(33)31-15-14-22-9-4-6-13-28(22)34-2/h3-13,16,25-26H,14-15,17-20H2,1-2H3,(H,31,33)/t25-,26+/m1/s1. The van der Waals surface area contributed by atoms with E-state index in [0.29, 0.717) is 31.6 Å². The molecule has 0 spiro atoms. The number of likely N-dealkylation sites (tertiary alicyclic amines) is 1. The Balaban J connectivity index is 1.45. The van der Waals surface area contributed by atoms with Gasteiger partial charge in [-0.15, -0.1) is 0 Å². The number of amides is 1. The van der Waals surface area contributed by atoms with Crippen LogP contribution in [0, 0.1) is 18.7 Å². The number of hydrogen-bond acceptors (Lipinski definition) is 3. The van der Waals surface area contributed by atoms with Gasteiger partial charge in [-0.2, -0.15) is 0 Å². The fourth-order valence-electron chi connectivity index (χ4n) is 4.92. The lowest BCUT2D eigenvalue weighted by Gasteiger charge is -2.37. The van der Waals surface area contributed by atoms with Crippen molar-refractivity contribution in [3.8, 4) is 5.75 Å². The molecule has 3 aromatic carbocycles. The van der Waals surface area contributed by atoms with E-state index in [1.165, 1.54) is 17.2 Å². The maximum absolute atomic E-state index is 14.3. The Morgan fingerprint density at radius 2 is 1.79 bits per heavy atom. The fourth-order valence-corrected chi connectivity index (χ4v) is 4.92. The van der Waals surface area contributed by atoms with Gasteiger partial charge in [-0.3, -0.25) is 9.69 Å².